The zero-order chi connectivity index (χ0) is 16.3. The predicted octanol–water partition coefficient (Wildman–Crippen LogP) is 2.97. The van der Waals surface area contributed by atoms with Gasteiger partial charge in [0.25, 0.3) is 11.1 Å². The fourth-order valence-electron chi connectivity index (χ4n) is 1.79. The molecule has 0 aliphatic carbocycles. The summed E-state index contributed by atoms with van der Waals surface area (Å²) in [4.78, 5) is 35.6. The second-order valence-corrected chi connectivity index (χ2v) is 6.15. The van der Waals surface area contributed by atoms with Gasteiger partial charge in [0.05, 0.1) is 9.38 Å². The van der Waals surface area contributed by atoms with Gasteiger partial charge in [-0.1, -0.05) is 6.07 Å². The van der Waals surface area contributed by atoms with Gasteiger partial charge in [-0.15, -0.1) is 0 Å². The number of carbonyl (C=O) groups excluding carboxylic acids is 2. The smallest absolute Gasteiger partial charge is 0.341 e. The molecule has 8 heteroatoms. The average Bonchev–Trinajstić information content (AvgIpc) is 2.72. The van der Waals surface area contributed by atoms with Crippen LogP contribution >= 0.6 is 27.7 Å². The number of thioether (sulfide) groups is 1. The summed E-state index contributed by atoms with van der Waals surface area (Å²) >= 11 is 4.18. The van der Waals surface area contributed by atoms with Gasteiger partial charge >= 0.3 is 5.97 Å². The molecule has 1 aliphatic heterocycles. The third-order valence-corrected chi connectivity index (χ3v) is 4.32. The van der Waals surface area contributed by atoms with Crippen LogP contribution < -0.4 is 4.74 Å². The molecule has 0 spiro atoms. The van der Waals surface area contributed by atoms with E-state index in [2.05, 4.69) is 15.9 Å². The van der Waals surface area contributed by atoms with Crippen LogP contribution in [0.25, 0.3) is 6.08 Å². The number of likely N-dealkylation sites (N-methyl/N-ethyl adjacent to an activating group) is 1. The molecule has 0 radical (unpaired) electrons. The maximum absolute atomic E-state index is 12.0. The first-order chi connectivity index (χ1) is 10.4. The third-order valence-electron chi connectivity index (χ3n) is 2.79. The van der Waals surface area contributed by atoms with Crippen molar-refractivity contribution in [3.05, 3.63) is 33.1 Å². The van der Waals surface area contributed by atoms with E-state index in [1.165, 1.54) is 4.90 Å². The van der Waals surface area contributed by atoms with Crippen LogP contribution in [0.5, 0.6) is 5.75 Å². The maximum atomic E-state index is 12.0. The van der Waals surface area contributed by atoms with E-state index in [1.54, 1.807) is 31.2 Å². The lowest BCUT2D eigenvalue weighted by molar-refractivity contribution is -0.139. The van der Waals surface area contributed by atoms with E-state index in [9.17, 15) is 14.4 Å². The molecule has 1 saturated heterocycles. The van der Waals surface area contributed by atoms with Crippen molar-refractivity contribution in [3.8, 4) is 5.75 Å². The van der Waals surface area contributed by atoms with Crippen LogP contribution in [0.1, 0.15) is 12.5 Å². The summed E-state index contributed by atoms with van der Waals surface area (Å²) in [5, 5.41) is 8.31. The normalized spacial score (nSPS) is 16.5. The molecule has 1 fully saturated rings. The van der Waals surface area contributed by atoms with Crippen molar-refractivity contribution in [1.29, 1.82) is 0 Å². The Morgan fingerprint density at radius 2 is 2.18 bits per heavy atom. The highest BCUT2D eigenvalue weighted by Gasteiger charge is 2.33. The molecule has 1 aromatic carbocycles. The van der Waals surface area contributed by atoms with Gasteiger partial charge in [-0.25, -0.2) is 4.79 Å². The first-order valence-electron chi connectivity index (χ1n) is 6.32. The summed E-state index contributed by atoms with van der Waals surface area (Å²) in [5.41, 5.74) is 0.705. The minimum atomic E-state index is -1.07. The van der Waals surface area contributed by atoms with Gasteiger partial charge in [0.2, 0.25) is 0 Å². The minimum Gasteiger partial charge on any atom is -0.481 e. The van der Waals surface area contributed by atoms with Crippen LogP contribution in [0.3, 0.4) is 0 Å². The van der Waals surface area contributed by atoms with Crippen molar-refractivity contribution in [1.82, 2.24) is 4.90 Å². The highest BCUT2D eigenvalue weighted by atomic mass is 79.9. The standard InChI is InChI=1S/C14H12BrNO5S/c1-2-16-13(19)11(22-14(16)20)6-8-3-4-10(9(15)5-8)21-7-12(17)18/h3-6H,2,7H2,1H3,(H,17,18)/b11-6+. The molecule has 1 N–H and O–H groups in total. The first-order valence-corrected chi connectivity index (χ1v) is 7.92. The van der Waals surface area contributed by atoms with Crippen molar-refractivity contribution in [2.75, 3.05) is 13.2 Å². The lowest BCUT2D eigenvalue weighted by Gasteiger charge is -2.07. The molecule has 1 aromatic rings. The maximum Gasteiger partial charge on any atom is 0.341 e. The monoisotopic (exact) mass is 385 g/mol. The molecular weight excluding hydrogens is 374 g/mol. The molecular formula is C14H12BrNO5S. The number of carbonyl (C=O) groups is 3. The molecule has 116 valence electrons. The largest absolute Gasteiger partial charge is 0.481 e. The molecule has 0 aromatic heterocycles. The second kappa shape index (κ2) is 6.97. The number of hydrogen-bond donors (Lipinski definition) is 1. The Balaban J connectivity index is 2.19. The van der Waals surface area contributed by atoms with Crippen LogP contribution in [-0.2, 0) is 9.59 Å². The van der Waals surface area contributed by atoms with E-state index in [1.807, 2.05) is 0 Å². The molecule has 22 heavy (non-hydrogen) atoms. The number of carboxylic acids is 1. The number of amides is 2. The first kappa shape index (κ1) is 16.6. The summed E-state index contributed by atoms with van der Waals surface area (Å²) < 4.78 is 5.66. The van der Waals surface area contributed by atoms with Crippen LogP contribution in [0.2, 0.25) is 0 Å². The summed E-state index contributed by atoms with van der Waals surface area (Å²) in [7, 11) is 0. The van der Waals surface area contributed by atoms with Gasteiger partial charge in [-0.3, -0.25) is 14.5 Å². The number of nitrogens with zero attached hydrogens (tertiary/aromatic N) is 1. The fourth-order valence-corrected chi connectivity index (χ4v) is 3.20. The van der Waals surface area contributed by atoms with Crippen LogP contribution in [0, 0.1) is 0 Å². The minimum absolute atomic E-state index is 0.278. The van der Waals surface area contributed by atoms with Gasteiger partial charge in [-0.2, -0.15) is 0 Å². The lowest BCUT2D eigenvalue weighted by atomic mass is 10.2. The van der Waals surface area contributed by atoms with Crippen LogP contribution in [-0.4, -0.2) is 40.3 Å². The van der Waals surface area contributed by atoms with Gasteiger partial charge in [0.1, 0.15) is 5.75 Å². The fraction of sp³-hybridized carbons (Fsp3) is 0.214. The number of hydrogen-bond acceptors (Lipinski definition) is 5. The molecule has 0 bridgehead atoms. The van der Waals surface area contributed by atoms with E-state index < -0.39 is 12.6 Å². The zero-order valence-corrected chi connectivity index (χ0v) is 13.9. The Morgan fingerprint density at radius 1 is 1.45 bits per heavy atom. The van der Waals surface area contributed by atoms with Gasteiger partial charge in [0, 0.05) is 6.54 Å². The number of rotatable bonds is 5. The molecule has 0 atom stereocenters. The molecule has 2 amide bonds. The Kier molecular flexibility index (Phi) is 5.25. The Morgan fingerprint density at radius 3 is 2.73 bits per heavy atom. The molecule has 0 unspecified atom stereocenters. The number of imide groups is 1. The average molecular weight is 386 g/mol. The van der Waals surface area contributed by atoms with E-state index >= 15 is 0 Å². The van der Waals surface area contributed by atoms with E-state index in [-0.39, 0.29) is 11.1 Å². The Hall–Kier alpha value is -1.80. The van der Waals surface area contributed by atoms with Crippen LogP contribution in [0.15, 0.2) is 27.6 Å². The van der Waals surface area contributed by atoms with Crippen molar-refractivity contribution in [2.45, 2.75) is 6.92 Å². The number of carboxylic acid groups (broad SMARTS) is 1. The summed E-state index contributed by atoms with van der Waals surface area (Å²) in [6.45, 7) is 1.64. The van der Waals surface area contributed by atoms with Crippen molar-refractivity contribution >= 4 is 50.9 Å². The second-order valence-electron chi connectivity index (χ2n) is 4.30. The summed E-state index contributed by atoms with van der Waals surface area (Å²) in [6.07, 6.45) is 1.62. The molecule has 6 nitrogen and oxygen atoms in total. The van der Waals surface area contributed by atoms with E-state index in [4.69, 9.17) is 9.84 Å². The number of aliphatic carboxylic acids is 1. The van der Waals surface area contributed by atoms with Gasteiger partial charge in [-0.05, 0) is 58.4 Å². The number of ether oxygens (including phenoxy) is 1. The van der Waals surface area contributed by atoms with Gasteiger partial charge < -0.3 is 9.84 Å². The number of benzene rings is 1. The molecule has 0 saturated carbocycles. The highest BCUT2D eigenvalue weighted by Crippen LogP contribution is 2.33. The molecule has 1 heterocycles. The Bertz CT molecular complexity index is 673. The topological polar surface area (TPSA) is 83.9 Å². The SMILES string of the molecule is CCN1C(=O)S/C(=C/c2ccc(OCC(=O)O)c(Br)c2)C1=O. The van der Waals surface area contributed by atoms with Gasteiger partial charge in [0.15, 0.2) is 6.61 Å². The van der Waals surface area contributed by atoms with Crippen molar-refractivity contribution in [3.63, 3.8) is 0 Å². The highest BCUT2D eigenvalue weighted by molar-refractivity contribution is 9.10. The van der Waals surface area contributed by atoms with E-state index in [0.29, 0.717) is 27.2 Å². The number of halogens is 1. The van der Waals surface area contributed by atoms with Crippen LogP contribution in [0.4, 0.5) is 4.79 Å². The van der Waals surface area contributed by atoms with Crippen molar-refractivity contribution < 1.29 is 24.2 Å². The predicted molar refractivity (Wildman–Crippen MR) is 85.6 cm³/mol. The third kappa shape index (κ3) is 3.69. The molecule has 1 aliphatic rings. The Labute approximate surface area is 139 Å². The summed E-state index contributed by atoms with van der Waals surface area (Å²) in [6, 6.07) is 4.97. The zero-order valence-electron chi connectivity index (χ0n) is 11.5. The van der Waals surface area contributed by atoms with Crippen molar-refractivity contribution in [2.24, 2.45) is 0 Å². The van der Waals surface area contributed by atoms with E-state index in [0.717, 1.165) is 11.8 Å². The summed E-state index contributed by atoms with van der Waals surface area (Å²) in [5.74, 6) is -0.981. The molecule has 2 rings (SSSR count). The lowest BCUT2D eigenvalue weighted by Crippen LogP contribution is -2.27. The quantitative estimate of drug-likeness (QED) is 0.784.